The maximum Gasteiger partial charge on any atom is 0.262 e. The van der Waals surface area contributed by atoms with E-state index in [4.69, 9.17) is 10.1 Å². The van der Waals surface area contributed by atoms with Gasteiger partial charge in [-0.1, -0.05) is 38.0 Å². The number of H-pyrrole nitrogens is 1. The molecule has 4 aromatic rings. The van der Waals surface area contributed by atoms with Crippen LogP contribution in [0.3, 0.4) is 0 Å². The molecule has 1 saturated heterocycles. The lowest BCUT2D eigenvalue weighted by atomic mass is 9.95. The molecule has 0 unspecified atom stereocenters. The molecule has 170 valence electrons. The summed E-state index contributed by atoms with van der Waals surface area (Å²) in [5.74, 6) is 1.00. The van der Waals surface area contributed by atoms with Gasteiger partial charge in [-0.2, -0.15) is 5.10 Å². The number of aromatic amines is 1. The van der Waals surface area contributed by atoms with Crippen molar-refractivity contribution in [1.29, 1.82) is 0 Å². The van der Waals surface area contributed by atoms with Gasteiger partial charge in [0.1, 0.15) is 11.2 Å². The highest BCUT2D eigenvalue weighted by molar-refractivity contribution is 5.79. The first-order chi connectivity index (χ1) is 16.2. The molecule has 0 spiro atoms. The summed E-state index contributed by atoms with van der Waals surface area (Å²) in [6.07, 6.45) is 9.62. The Hall–Kier alpha value is -3.48. The largest absolute Gasteiger partial charge is 0.371 e. The molecule has 4 heterocycles. The molecular formula is C26H30N6O. The smallest absolute Gasteiger partial charge is 0.262 e. The maximum atomic E-state index is 13.3. The van der Waals surface area contributed by atoms with E-state index in [1.165, 1.54) is 5.69 Å². The van der Waals surface area contributed by atoms with Crippen LogP contribution in [0.4, 0.5) is 5.69 Å². The maximum absolute atomic E-state index is 13.3. The minimum Gasteiger partial charge on any atom is -0.371 e. The minimum absolute atomic E-state index is 0.0692. The second-order valence-corrected chi connectivity index (χ2v) is 8.77. The molecule has 7 heteroatoms. The fourth-order valence-corrected chi connectivity index (χ4v) is 4.74. The average Bonchev–Trinajstić information content (AvgIpc) is 3.24. The van der Waals surface area contributed by atoms with Crippen LogP contribution < -0.4 is 10.5 Å². The number of piperidine rings is 1. The number of nitrogens with one attached hydrogen (secondary N) is 1. The third kappa shape index (κ3) is 4.40. The molecule has 0 bridgehead atoms. The van der Waals surface area contributed by atoms with Crippen LogP contribution in [0.2, 0.25) is 0 Å². The molecule has 1 aromatic carbocycles. The summed E-state index contributed by atoms with van der Waals surface area (Å²) in [6, 6.07) is 14.1. The zero-order valence-corrected chi connectivity index (χ0v) is 19.1. The van der Waals surface area contributed by atoms with Crippen molar-refractivity contribution in [1.82, 2.24) is 24.7 Å². The second kappa shape index (κ2) is 9.57. The lowest BCUT2D eigenvalue weighted by Crippen LogP contribution is -2.34. The van der Waals surface area contributed by atoms with E-state index >= 15 is 0 Å². The number of anilines is 1. The van der Waals surface area contributed by atoms with Gasteiger partial charge >= 0.3 is 0 Å². The number of unbranched alkanes of at least 4 members (excludes halogenated alkanes) is 2. The number of rotatable bonds is 7. The summed E-state index contributed by atoms with van der Waals surface area (Å²) < 4.78 is 1.85. The van der Waals surface area contributed by atoms with Gasteiger partial charge in [0, 0.05) is 37.1 Å². The third-order valence-corrected chi connectivity index (χ3v) is 6.56. The number of pyridine rings is 1. The Morgan fingerprint density at radius 1 is 1.00 bits per heavy atom. The van der Waals surface area contributed by atoms with Gasteiger partial charge in [0.05, 0.1) is 11.4 Å². The molecule has 0 amide bonds. The van der Waals surface area contributed by atoms with Crippen LogP contribution in [0.5, 0.6) is 0 Å². The minimum atomic E-state index is -0.0692. The molecule has 1 fully saturated rings. The van der Waals surface area contributed by atoms with E-state index in [1.807, 2.05) is 59.5 Å². The summed E-state index contributed by atoms with van der Waals surface area (Å²) in [5, 5.41) is 5.48. The summed E-state index contributed by atoms with van der Waals surface area (Å²) in [6.45, 7) is 4.04. The number of hydrogen-bond acceptors (Lipinski definition) is 5. The normalized spacial score (nSPS) is 14.8. The fraction of sp³-hybridized carbons (Fsp3) is 0.385. The predicted octanol–water partition coefficient (Wildman–Crippen LogP) is 4.62. The first-order valence-electron chi connectivity index (χ1n) is 12.0. The summed E-state index contributed by atoms with van der Waals surface area (Å²) in [4.78, 5) is 27.9. The van der Waals surface area contributed by atoms with Crippen molar-refractivity contribution in [2.24, 2.45) is 0 Å². The van der Waals surface area contributed by atoms with Crippen LogP contribution >= 0.6 is 0 Å². The summed E-state index contributed by atoms with van der Waals surface area (Å²) >= 11 is 0. The van der Waals surface area contributed by atoms with Gasteiger partial charge in [-0.3, -0.25) is 9.78 Å². The number of para-hydroxylation sites is 1. The Balaban J connectivity index is 1.48. The summed E-state index contributed by atoms with van der Waals surface area (Å²) in [7, 11) is 0. The van der Waals surface area contributed by atoms with E-state index in [-0.39, 0.29) is 11.5 Å². The number of hydrogen-bond donors (Lipinski definition) is 1. The lowest BCUT2D eigenvalue weighted by Gasteiger charge is -2.33. The average molecular weight is 443 g/mol. The molecule has 7 nitrogen and oxygen atoms in total. The number of nitrogens with zero attached hydrogens (tertiary/aromatic N) is 5. The SMILES string of the molecule is CCCCCc1nn(-c2ccccc2)c2nc(C3CCN(c4ccncc4)CC3)[nH]c(=O)c12. The van der Waals surface area contributed by atoms with Crippen molar-refractivity contribution in [3.8, 4) is 5.69 Å². The zero-order valence-electron chi connectivity index (χ0n) is 19.1. The Labute approximate surface area is 193 Å². The van der Waals surface area contributed by atoms with Gasteiger partial charge in [0.2, 0.25) is 0 Å². The zero-order chi connectivity index (χ0) is 22.6. The van der Waals surface area contributed by atoms with E-state index in [0.717, 1.165) is 68.8 Å². The van der Waals surface area contributed by atoms with Crippen LogP contribution in [0.25, 0.3) is 16.7 Å². The van der Waals surface area contributed by atoms with Crippen molar-refractivity contribution in [2.45, 2.75) is 51.4 Å². The van der Waals surface area contributed by atoms with Gasteiger partial charge in [0.25, 0.3) is 5.56 Å². The van der Waals surface area contributed by atoms with Crippen LogP contribution in [-0.2, 0) is 6.42 Å². The molecule has 3 aromatic heterocycles. The van der Waals surface area contributed by atoms with Crippen molar-refractivity contribution >= 4 is 16.7 Å². The molecule has 1 aliphatic rings. The number of benzene rings is 1. The molecule has 0 radical (unpaired) electrons. The lowest BCUT2D eigenvalue weighted by molar-refractivity contribution is 0.485. The van der Waals surface area contributed by atoms with Gasteiger partial charge < -0.3 is 9.88 Å². The molecule has 1 N–H and O–H groups in total. The first-order valence-corrected chi connectivity index (χ1v) is 12.0. The highest BCUT2D eigenvalue weighted by atomic mass is 16.1. The predicted molar refractivity (Wildman–Crippen MR) is 131 cm³/mol. The first kappa shape index (κ1) is 21.4. The Morgan fingerprint density at radius 3 is 2.48 bits per heavy atom. The van der Waals surface area contributed by atoms with Crippen LogP contribution in [0, 0.1) is 0 Å². The third-order valence-electron chi connectivity index (χ3n) is 6.56. The quantitative estimate of drug-likeness (QED) is 0.423. The standard InChI is InChI=1S/C26H30N6O/c1-2-3-5-10-22-23-25(32(30-22)21-8-6-4-7-9-21)28-24(29-26(23)33)19-13-17-31(18-14-19)20-11-15-27-16-12-20/h4,6-9,11-12,15-16,19H,2-3,5,10,13-14,17-18H2,1H3,(H,28,29,33). The van der Waals surface area contributed by atoms with E-state index in [1.54, 1.807) is 0 Å². The monoisotopic (exact) mass is 442 g/mol. The summed E-state index contributed by atoms with van der Waals surface area (Å²) in [5.41, 5.74) is 3.57. The number of fused-ring (bicyclic) bond motifs is 1. The highest BCUT2D eigenvalue weighted by Crippen LogP contribution is 2.29. The Bertz CT molecular complexity index is 1260. The van der Waals surface area contributed by atoms with Gasteiger partial charge in [-0.05, 0) is 49.9 Å². The van der Waals surface area contributed by atoms with Gasteiger partial charge in [0.15, 0.2) is 5.65 Å². The highest BCUT2D eigenvalue weighted by Gasteiger charge is 2.25. The van der Waals surface area contributed by atoms with E-state index < -0.39 is 0 Å². The molecule has 33 heavy (non-hydrogen) atoms. The molecule has 0 aliphatic carbocycles. The van der Waals surface area contributed by atoms with Crippen molar-refractivity contribution in [3.05, 3.63) is 76.7 Å². The van der Waals surface area contributed by atoms with E-state index in [2.05, 4.69) is 21.8 Å². The van der Waals surface area contributed by atoms with Gasteiger partial charge in [-0.15, -0.1) is 0 Å². The van der Waals surface area contributed by atoms with Crippen molar-refractivity contribution < 1.29 is 0 Å². The van der Waals surface area contributed by atoms with Crippen LogP contribution in [0.1, 0.15) is 56.5 Å². The van der Waals surface area contributed by atoms with Crippen LogP contribution in [-0.4, -0.2) is 37.8 Å². The fourth-order valence-electron chi connectivity index (χ4n) is 4.74. The van der Waals surface area contributed by atoms with E-state index in [9.17, 15) is 4.79 Å². The second-order valence-electron chi connectivity index (χ2n) is 8.77. The topological polar surface area (TPSA) is 79.7 Å². The molecule has 0 atom stereocenters. The Kier molecular flexibility index (Phi) is 6.19. The van der Waals surface area contributed by atoms with E-state index in [0.29, 0.717) is 11.0 Å². The molecule has 5 rings (SSSR count). The molecular weight excluding hydrogens is 412 g/mol. The van der Waals surface area contributed by atoms with Crippen molar-refractivity contribution in [3.63, 3.8) is 0 Å². The number of aryl methyl sites for hydroxylation is 1. The molecule has 1 aliphatic heterocycles. The van der Waals surface area contributed by atoms with Crippen LogP contribution in [0.15, 0.2) is 59.7 Å². The van der Waals surface area contributed by atoms with Gasteiger partial charge in [-0.25, -0.2) is 9.67 Å². The molecule has 0 saturated carbocycles. The Morgan fingerprint density at radius 2 is 1.76 bits per heavy atom. The number of aromatic nitrogens is 5. The van der Waals surface area contributed by atoms with Crippen molar-refractivity contribution in [2.75, 3.05) is 18.0 Å².